The first-order valence-electron chi connectivity index (χ1n) is 3.93. The zero-order chi connectivity index (χ0) is 11.0. The minimum atomic E-state index is -3.76. The molecule has 0 aliphatic heterocycles. The van der Waals surface area contributed by atoms with Gasteiger partial charge < -0.3 is 6.53 Å². The number of nitrogens with zero attached hydrogens (tertiary/aromatic N) is 1. The molecule has 0 aliphatic carbocycles. The summed E-state index contributed by atoms with van der Waals surface area (Å²) in [4.78, 5) is 3.64. The topological polar surface area (TPSA) is 93.3 Å². The summed E-state index contributed by atoms with van der Waals surface area (Å²) in [6.45, 7) is 3.17. The summed E-state index contributed by atoms with van der Waals surface area (Å²) >= 11 is 0. The summed E-state index contributed by atoms with van der Waals surface area (Å²) in [6.07, 6.45) is 1.29. The van der Waals surface area contributed by atoms with Crippen LogP contribution < -0.4 is 56.5 Å². The van der Waals surface area contributed by atoms with Crippen molar-refractivity contribution in [1.29, 1.82) is 0 Å². The molecule has 0 aliphatic rings. The van der Waals surface area contributed by atoms with Crippen LogP contribution >= 0.6 is 0 Å². The van der Waals surface area contributed by atoms with E-state index in [1.54, 1.807) is 13.8 Å². The Morgan fingerprint density at radius 1 is 1.47 bits per heavy atom. The number of hydrogen-bond acceptors (Lipinski definition) is 4. The molecule has 1 rings (SSSR count). The maximum Gasteiger partial charge on any atom is 1.00 e. The summed E-state index contributed by atoms with van der Waals surface area (Å²) in [5.74, 6) is 0. The van der Waals surface area contributed by atoms with Crippen LogP contribution in [0.4, 0.5) is 0 Å². The molecule has 0 fully saturated rings. The molecule has 80 valence electrons. The van der Waals surface area contributed by atoms with Gasteiger partial charge in [-0.05, 0) is 19.9 Å². The summed E-state index contributed by atoms with van der Waals surface area (Å²) in [5.41, 5.74) is -0.505. The van der Waals surface area contributed by atoms with E-state index >= 15 is 0 Å². The first kappa shape index (κ1) is 15.7. The molecule has 0 unspecified atom stereocenters. The fourth-order valence-electron chi connectivity index (χ4n) is 0.910. The standard InChI is InChI=1S/C8H12N2O3S.K.H/c1-8(2,11)6-3-4-7(10-5-6)14(9,12)13;;/h3-5,11H,1-2H3,(H2,9,12,13);;/q;+1;-1. The molecular weight excluding hydrogens is 243 g/mol. The Morgan fingerprint density at radius 3 is 2.27 bits per heavy atom. The van der Waals surface area contributed by atoms with Crippen molar-refractivity contribution >= 4 is 10.0 Å². The van der Waals surface area contributed by atoms with E-state index in [9.17, 15) is 13.5 Å². The molecular formula is C8H13KN2O3S. The van der Waals surface area contributed by atoms with Crippen LogP contribution in [-0.4, -0.2) is 18.5 Å². The summed E-state index contributed by atoms with van der Waals surface area (Å²) in [7, 11) is -3.76. The molecule has 0 bridgehead atoms. The molecule has 1 heterocycles. The van der Waals surface area contributed by atoms with E-state index in [0.29, 0.717) is 5.56 Å². The normalized spacial score (nSPS) is 12.0. The molecule has 7 heteroatoms. The van der Waals surface area contributed by atoms with Crippen LogP contribution in [0.25, 0.3) is 0 Å². The van der Waals surface area contributed by atoms with E-state index in [-0.39, 0.29) is 57.8 Å². The second kappa shape index (κ2) is 5.32. The first-order chi connectivity index (χ1) is 6.21. The van der Waals surface area contributed by atoms with E-state index < -0.39 is 15.6 Å². The molecule has 0 atom stereocenters. The molecule has 1 aromatic rings. The van der Waals surface area contributed by atoms with Crippen LogP contribution in [0.3, 0.4) is 0 Å². The van der Waals surface area contributed by atoms with Crippen molar-refractivity contribution in [2.75, 3.05) is 0 Å². The fraction of sp³-hybridized carbons (Fsp3) is 0.375. The van der Waals surface area contributed by atoms with Gasteiger partial charge in [-0.25, -0.2) is 18.5 Å². The molecule has 15 heavy (non-hydrogen) atoms. The van der Waals surface area contributed by atoms with E-state index in [0.717, 1.165) is 0 Å². The van der Waals surface area contributed by atoms with Gasteiger partial charge in [-0.3, -0.25) is 0 Å². The molecule has 0 saturated carbocycles. The van der Waals surface area contributed by atoms with Crippen molar-refractivity contribution in [3.63, 3.8) is 0 Å². The smallest absolute Gasteiger partial charge is 1.00 e. The predicted octanol–water partition coefficient (Wildman–Crippen LogP) is -2.93. The van der Waals surface area contributed by atoms with Gasteiger partial charge in [-0.1, -0.05) is 6.07 Å². The van der Waals surface area contributed by atoms with E-state index in [2.05, 4.69) is 4.98 Å². The number of hydrogen-bond donors (Lipinski definition) is 2. The van der Waals surface area contributed by atoms with Gasteiger partial charge in [-0.2, -0.15) is 0 Å². The maximum absolute atomic E-state index is 10.8. The Hall–Kier alpha value is 0.656. The van der Waals surface area contributed by atoms with Gasteiger partial charge in [0.25, 0.3) is 10.0 Å². The molecule has 3 N–H and O–H groups in total. The average Bonchev–Trinajstić information content (AvgIpc) is 2.01. The third-order valence-corrected chi connectivity index (χ3v) is 2.56. The quantitative estimate of drug-likeness (QED) is 0.554. The van der Waals surface area contributed by atoms with Gasteiger partial charge in [-0.15, -0.1) is 0 Å². The van der Waals surface area contributed by atoms with Gasteiger partial charge in [0, 0.05) is 11.8 Å². The second-order valence-corrected chi connectivity index (χ2v) is 5.00. The van der Waals surface area contributed by atoms with Crippen LogP contribution in [0, 0.1) is 0 Å². The fourth-order valence-corrected chi connectivity index (χ4v) is 1.37. The second-order valence-electron chi connectivity index (χ2n) is 3.49. The van der Waals surface area contributed by atoms with Crippen molar-refractivity contribution < 1.29 is 66.3 Å². The van der Waals surface area contributed by atoms with E-state index in [4.69, 9.17) is 5.14 Å². The number of nitrogens with two attached hydrogens (primary N) is 1. The van der Waals surface area contributed by atoms with Gasteiger partial charge in [0.2, 0.25) is 0 Å². The van der Waals surface area contributed by atoms with Gasteiger partial charge in [0.15, 0.2) is 5.03 Å². The number of primary sulfonamides is 1. The van der Waals surface area contributed by atoms with Crippen molar-refractivity contribution in [2.24, 2.45) is 5.14 Å². The molecule has 0 amide bonds. The van der Waals surface area contributed by atoms with Crippen LogP contribution in [-0.2, 0) is 15.6 Å². The van der Waals surface area contributed by atoms with E-state index in [1.165, 1.54) is 18.3 Å². The molecule has 0 saturated heterocycles. The summed E-state index contributed by atoms with van der Waals surface area (Å²) in [6, 6.07) is 2.75. The minimum Gasteiger partial charge on any atom is -1.00 e. The predicted molar refractivity (Wildman–Crippen MR) is 52.0 cm³/mol. The monoisotopic (exact) mass is 256 g/mol. The van der Waals surface area contributed by atoms with Gasteiger partial charge >= 0.3 is 51.4 Å². The molecule has 0 spiro atoms. The number of pyridine rings is 1. The molecule has 0 radical (unpaired) electrons. The number of aliphatic hydroxyl groups is 1. The maximum atomic E-state index is 10.8. The third kappa shape index (κ3) is 4.57. The molecule has 5 nitrogen and oxygen atoms in total. The summed E-state index contributed by atoms with van der Waals surface area (Å²) < 4.78 is 21.7. The van der Waals surface area contributed by atoms with Crippen molar-refractivity contribution in [1.82, 2.24) is 4.98 Å². The van der Waals surface area contributed by atoms with Crippen molar-refractivity contribution in [2.45, 2.75) is 24.5 Å². The Labute approximate surface area is 133 Å². The first-order valence-corrected chi connectivity index (χ1v) is 5.47. The average molecular weight is 256 g/mol. The Morgan fingerprint density at radius 2 is 2.00 bits per heavy atom. The van der Waals surface area contributed by atoms with Gasteiger partial charge in [0.05, 0.1) is 5.60 Å². The number of rotatable bonds is 2. The van der Waals surface area contributed by atoms with Crippen molar-refractivity contribution in [3.8, 4) is 0 Å². The van der Waals surface area contributed by atoms with E-state index in [1.807, 2.05) is 0 Å². The Kier molecular flexibility index (Phi) is 5.56. The van der Waals surface area contributed by atoms with Crippen LogP contribution in [0.1, 0.15) is 20.8 Å². The third-order valence-electron chi connectivity index (χ3n) is 1.73. The zero-order valence-electron chi connectivity index (χ0n) is 9.93. The van der Waals surface area contributed by atoms with Crippen LogP contribution in [0.5, 0.6) is 0 Å². The number of aromatic nitrogens is 1. The SMILES string of the molecule is CC(C)(O)c1ccc(S(N)(=O)=O)nc1.[H-].[K+]. The largest absolute Gasteiger partial charge is 1.00 e. The van der Waals surface area contributed by atoms with Crippen molar-refractivity contribution in [3.05, 3.63) is 23.9 Å². The molecule has 1 aromatic heterocycles. The number of sulfonamides is 1. The molecule has 0 aromatic carbocycles. The van der Waals surface area contributed by atoms with Crippen LogP contribution in [0.15, 0.2) is 23.4 Å². The zero-order valence-corrected chi connectivity index (χ0v) is 12.9. The van der Waals surface area contributed by atoms with Crippen LogP contribution in [0.2, 0.25) is 0 Å². The Bertz CT molecular complexity index is 428. The summed E-state index contributed by atoms with van der Waals surface area (Å²) in [5, 5.41) is 14.2. The Balaban J connectivity index is 0. The van der Waals surface area contributed by atoms with Gasteiger partial charge in [0.1, 0.15) is 0 Å². The minimum absolute atomic E-state index is 0.